The van der Waals surface area contributed by atoms with Crippen molar-refractivity contribution in [3.63, 3.8) is 0 Å². The molecule has 40 heavy (non-hydrogen) atoms. The number of hydrogen-bond donors (Lipinski definition) is 2. The van der Waals surface area contributed by atoms with E-state index in [0.29, 0.717) is 11.8 Å². The predicted octanol–water partition coefficient (Wildman–Crippen LogP) is 8.85. The van der Waals surface area contributed by atoms with Crippen LogP contribution in [0.5, 0.6) is 0 Å². The number of carboxylic acid groups (broad SMARTS) is 1. The maximum Gasteiger partial charge on any atom is 0.310 e. The van der Waals surface area contributed by atoms with Crippen molar-refractivity contribution in [2.45, 2.75) is 125 Å². The first-order valence-corrected chi connectivity index (χ1v) is 16.3. The van der Waals surface area contributed by atoms with Gasteiger partial charge in [0.25, 0.3) is 0 Å². The number of carboxylic acids is 1. The van der Waals surface area contributed by atoms with Gasteiger partial charge >= 0.3 is 5.97 Å². The van der Waals surface area contributed by atoms with Crippen LogP contribution in [0.25, 0.3) is 0 Å². The molecule has 8 atom stereocenters. The van der Waals surface area contributed by atoms with E-state index >= 15 is 0 Å². The van der Waals surface area contributed by atoms with E-state index in [1.807, 2.05) is 0 Å². The van der Waals surface area contributed by atoms with Crippen LogP contribution in [0.15, 0.2) is 42.0 Å². The molecule has 0 radical (unpaired) electrons. The molecule has 0 amide bonds. The monoisotopic (exact) mass is 546 g/mol. The molecule has 6 rings (SSSR count). The molecule has 4 fully saturated rings. The molecule has 4 saturated carbocycles. The molecule has 0 saturated heterocycles. The van der Waals surface area contributed by atoms with Crippen LogP contribution in [-0.2, 0) is 11.2 Å². The van der Waals surface area contributed by atoms with Gasteiger partial charge in [-0.15, -0.1) is 0 Å². The second-order valence-corrected chi connectivity index (χ2v) is 17.1. The normalized spacial score (nSPS) is 47.1. The average Bonchev–Trinajstić information content (AvgIpc) is 2.87. The third kappa shape index (κ3) is 3.61. The molecule has 1 aromatic carbocycles. The minimum absolute atomic E-state index is 0.0445. The Balaban J connectivity index is 1.37. The van der Waals surface area contributed by atoms with Gasteiger partial charge in [-0.05, 0) is 115 Å². The minimum atomic E-state index is -0.703. The lowest BCUT2D eigenvalue weighted by Gasteiger charge is -2.72. The highest BCUT2D eigenvalue weighted by Crippen LogP contribution is 2.76. The SMILES string of the molecule is CC1(C)CC[C@]2(C(=O)O)CC[C@]3(C)C(=CC[C@@H]4[C@@]5(C)CC[C@@](O)(Cc6ccccc6)C(C)(C)C5CC[C@]43C)[C@H]2C1. The quantitative estimate of drug-likeness (QED) is 0.372. The van der Waals surface area contributed by atoms with Gasteiger partial charge in [-0.2, -0.15) is 0 Å². The molecule has 0 spiro atoms. The van der Waals surface area contributed by atoms with Crippen molar-refractivity contribution in [1.82, 2.24) is 0 Å². The molecule has 0 aromatic heterocycles. The lowest BCUT2D eigenvalue weighted by molar-refractivity contribution is -0.234. The van der Waals surface area contributed by atoms with Crippen LogP contribution >= 0.6 is 0 Å². The summed E-state index contributed by atoms with van der Waals surface area (Å²) >= 11 is 0. The maximum absolute atomic E-state index is 12.9. The number of hydrogen-bond acceptors (Lipinski definition) is 2. The predicted molar refractivity (Wildman–Crippen MR) is 162 cm³/mol. The summed E-state index contributed by atoms with van der Waals surface area (Å²) in [7, 11) is 0. The molecular formula is C37H54O3. The Morgan fingerprint density at radius 2 is 1.52 bits per heavy atom. The zero-order valence-corrected chi connectivity index (χ0v) is 26.3. The Morgan fingerprint density at radius 3 is 2.20 bits per heavy atom. The van der Waals surface area contributed by atoms with Gasteiger partial charge < -0.3 is 10.2 Å². The average molecular weight is 547 g/mol. The number of carbonyl (C=O) groups is 1. The van der Waals surface area contributed by atoms with Crippen LogP contribution < -0.4 is 0 Å². The minimum Gasteiger partial charge on any atom is -0.481 e. The maximum atomic E-state index is 12.9. The topological polar surface area (TPSA) is 57.5 Å². The van der Waals surface area contributed by atoms with Crippen LogP contribution in [0, 0.1) is 50.2 Å². The standard InChI is InChI=1S/C37H54O3/c1-31(2)17-20-36(30(38)39)21-19-34(6)26(27(36)24-31)13-14-29-33(5)18-22-37(40,23-25-11-9-8-10-12-25)32(3,4)28(33)15-16-35(29,34)7/h8-13,27-29,40H,14-24H2,1-7H3,(H,38,39)/t27-,28?,29-,33+,34-,35-,36+,37-/m1/s1. The molecule has 0 bridgehead atoms. The van der Waals surface area contributed by atoms with Crippen LogP contribution in [0.1, 0.15) is 118 Å². The lowest BCUT2D eigenvalue weighted by atomic mass is 9.32. The first-order chi connectivity index (χ1) is 18.5. The molecule has 3 nitrogen and oxygen atoms in total. The number of allylic oxidation sites excluding steroid dienone is 2. The summed E-state index contributed by atoms with van der Waals surface area (Å²) in [6.07, 6.45) is 13.3. The lowest BCUT2D eigenvalue weighted by Crippen LogP contribution is -2.67. The van der Waals surface area contributed by atoms with Crippen molar-refractivity contribution in [3.05, 3.63) is 47.5 Å². The van der Waals surface area contributed by atoms with E-state index in [9.17, 15) is 15.0 Å². The zero-order chi connectivity index (χ0) is 29.0. The zero-order valence-electron chi connectivity index (χ0n) is 26.3. The summed E-state index contributed by atoms with van der Waals surface area (Å²) in [5.41, 5.74) is 1.84. The van der Waals surface area contributed by atoms with Crippen LogP contribution in [0.3, 0.4) is 0 Å². The van der Waals surface area contributed by atoms with Gasteiger partial charge in [0.1, 0.15) is 0 Å². The van der Waals surface area contributed by atoms with Gasteiger partial charge in [0.05, 0.1) is 11.0 Å². The van der Waals surface area contributed by atoms with E-state index in [4.69, 9.17) is 0 Å². The fourth-order valence-corrected chi connectivity index (χ4v) is 11.9. The van der Waals surface area contributed by atoms with E-state index in [-0.39, 0.29) is 33.0 Å². The summed E-state index contributed by atoms with van der Waals surface area (Å²) in [6, 6.07) is 10.6. The first kappa shape index (κ1) is 28.5. The van der Waals surface area contributed by atoms with E-state index < -0.39 is 17.0 Å². The second kappa shape index (κ2) is 8.71. The van der Waals surface area contributed by atoms with Crippen molar-refractivity contribution in [2.75, 3.05) is 0 Å². The first-order valence-electron chi connectivity index (χ1n) is 16.3. The van der Waals surface area contributed by atoms with Crippen LogP contribution in [0.2, 0.25) is 0 Å². The highest BCUT2D eigenvalue weighted by molar-refractivity contribution is 5.76. The summed E-state index contributed by atoms with van der Waals surface area (Å²) < 4.78 is 0. The summed E-state index contributed by atoms with van der Waals surface area (Å²) in [6.45, 7) is 17.1. The molecular weight excluding hydrogens is 492 g/mol. The van der Waals surface area contributed by atoms with Crippen molar-refractivity contribution < 1.29 is 15.0 Å². The molecule has 5 aliphatic rings. The number of aliphatic carboxylic acids is 1. The van der Waals surface area contributed by atoms with Gasteiger partial charge in [-0.3, -0.25) is 4.79 Å². The van der Waals surface area contributed by atoms with Crippen LogP contribution in [-0.4, -0.2) is 21.8 Å². The Bertz CT molecular complexity index is 1210. The van der Waals surface area contributed by atoms with E-state index in [1.54, 1.807) is 0 Å². The molecule has 220 valence electrons. The molecule has 0 heterocycles. The Hall–Kier alpha value is -1.61. The molecule has 2 N–H and O–H groups in total. The van der Waals surface area contributed by atoms with Gasteiger partial charge in [-0.1, -0.05) is 90.4 Å². The summed E-state index contributed by atoms with van der Waals surface area (Å²) in [5.74, 6) is 0.636. The molecule has 1 unspecified atom stereocenters. The van der Waals surface area contributed by atoms with Crippen molar-refractivity contribution in [3.8, 4) is 0 Å². The van der Waals surface area contributed by atoms with Crippen molar-refractivity contribution >= 4 is 5.97 Å². The van der Waals surface area contributed by atoms with Gasteiger partial charge in [0.2, 0.25) is 0 Å². The molecule has 3 heteroatoms. The Kier molecular flexibility index (Phi) is 6.21. The van der Waals surface area contributed by atoms with Crippen molar-refractivity contribution in [1.29, 1.82) is 0 Å². The molecule has 0 aliphatic heterocycles. The van der Waals surface area contributed by atoms with Gasteiger partial charge in [0.15, 0.2) is 0 Å². The van der Waals surface area contributed by atoms with Crippen LogP contribution in [0.4, 0.5) is 0 Å². The highest BCUT2D eigenvalue weighted by atomic mass is 16.4. The number of benzene rings is 1. The Labute approximate surface area is 243 Å². The van der Waals surface area contributed by atoms with Crippen molar-refractivity contribution in [2.24, 2.45) is 50.2 Å². The van der Waals surface area contributed by atoms with E-state index in [1.165, 1.54) is 17.6 Å². The Morgan fingerprint density at radius 1 is 0.850 bits per heavy atom. The molecule has 5 aliphatic carbocycles. The van der Waals surface area contributed by atoms with E-state index in [0.717, 1.165) is 64.2 Å². The van der Waals surface area contributed by atoms with Gasteiger partial charge in [-0.25, -0.2) is 0 Å². The third-order valence-corrected chi connectivity index (χ3v) is 14.8. The molecule has 1 aromatic rings. The summed E-state index contributed by atoms with van der Waals surface area (Å²) in [4.78, 5) is 12.9. The van der Waals surface area contributed by atoms with Gasteiger partial charge in [0, 0.05) is 6.42 Å². The highest BCUT2D eigenvalue weighted by Gasteiger charge is 2.70. The second-order valence-electron chi connectivity index (χ2n) is 17.1. The summed E-state index contributed by atoms with van der Waals surface area (Å²) in [5, 5.41) is 22.9. The third-order valence-electron chi connectivity index (χ3n) is 14.8. The fraction of sp³-hybridized carbons (Fsp3) is 0.757. The fourth-order valence-electron chi connectivity index (χ4n) is 11.9. The smallest absolute Gasteiger partial charge is 0.310 e. The largest absolute Gasteiger partial charge is 0.481 e. The van der Waals surface area contributed by atoms with E-state index in [2.05, 4.69) is 84.9 Å². The number of aliphatic hydroxyl groups is 1. The number of fused-ring (bicyclic) bond motifs is 7. The number of rotatable bonds is 3.